The third-order valence-electron chi connectivity index (χ3n) is 5.88. The van der Waals surface area contributed by atoms with E-state index in [2.05, 4.69) is 5.32 Å². The molecular formula is C21H25F3N4O4. The van der Waals surface area contributed by atoms with Gasteiger partial charge in [0.05, 0.1) is 17.9 Å². The number of alkyl halides is 3. The van der Waals surface area contributed by atoms with Crippen LogP contribution in [-0.4, -0.2) is 61.0 Å². The summed E-state index contributed by atoms with van der Waals surface area (Å²) >= 11 is 0. The average Bonchev–Trinajstić information content (AvgIpc) is 3.61. The van der Waals surface area contributed by atoms with Crippen molar-refractivity contribution < 1.29 is 32.3 Å². The molecule has 0 bridgehead atoms. The molecule has 2 saturated carbocycles. The Kier molecular flexibility index (Phi) is 6.13. The molecule has 0 radical (unpaired) electrons. The number of nitrogens with two attached hydrogens (primary N) is 1. The van der Waals surface area contributed by atoms with Crippen molar-refractivity contribution in [3.05, 3.63) is 23.8 Å². The lowest BCUT2D eigenvalue weighted by molar-refractivity contribution is -0.138. The number of nitrogens with zero attached hydrogens (tertiary/aromatic N) is 2. The van der Waals surface area contributed by atoms with E-state index >= 15 is 0 Å². The number of nitrogens with one attached hydrogen (secondary N) is 1. The third-order valence-corrected chi connectivity index (χ3v) is 5.88. The molecule has 1 atom stereocenters. The van der Waals surface area contributed by atoms with Crippen molar-refractivity contribution in [2.24, 2.45) is 11.7 Å². The molecule has 4 rings (SSSR count). The van der Waals surface area contributed by atoms with Crippen molar-refractivity contribution in [3.8, 4) is 0 Å². The molecule has 3 amide bonds. The SMILES string of the molecule is NC(=O)[C@H](C(=O)Nc1ccc(N2CCOCC2=O)c(C(F)(F)F)c1)N(CC1CC1)C1CC1. The molecule has 11 heteroatoms. The molecule has 3 aliphatic rings. The Hall–Kier alpha value is -2.66. The highest BCUT2D eigenvalue weighted by Gasteiger charge is 2.43. The van der Waals surface area contributed by atoms with Crippen LogP contribution in [-0.2, 0) is 25.3 Å². The van der Waals surface area contributed by atoms with E-state index in [0.29, 0.717) is 12.5 Å². The van der Waals surface area contributed by atoms with Crippen LogP contribution < -0.4 is 16.0 Å². The maximum Gasteiger partial charge on any atom is 0.418 e. The molecule has 1 heterocycles. The van der Waals surface area contributed by atoms with E-state index in [4.69, 9.17) is 10.5 Å². The van der Waals surface area contributed by atoms with Crippen molar-refractivity contribution in [3.63, 3.8) is 0 Å². The molecule has 0 unspecified atom stereocenters. The lowest BCUT2D eigenvalue weighted by Crippen LogP contribution is -2.53. The fourth-order valence-electron chi connectivity index (χ4n) is 3.97. The molecule has 2 aliphatic carbocycles. The summed E-state index contributed by atoms with van der Waals surface area (Å²) in [5, 5.41) is 2.42. The van der Waals surface area contributed by atoms with Gasteiger partial charge in [-0.25, -0.2) is 0 Å². The summed E-state index contributed by atoms with van der Waals surface area (Å²) in [5.41, 5.74) is 4.03. The number of carbonyl (C=O) groups is 3. The molecule has 1 aromatic carbocycles. The van der Waals surface area contributed by atoms with E-state index in [1.807, 2.05) is 0 Å². The van der Waals surface area contributed by atoms with Crippen LogP contribution in [0, 0.1) is 5.92 Å². The summed E-state index contributed by atoms with van der Waals surface area (Å²) in [6.07, 6.45) is -1.02. The Morgan fingerprint density at radius 3 is 2.53 bits per heavy atom. The van der Waals surface area contributed by atoms with Crippen LogP contribution in [0.4, 0.5) is 24.5 Å². The number of morpholine rings is 1. The first kappa shape index (κ1) is 22.5. The minimum absolute atomic E-state index is 0.00508. The van der Waals surface area contributed by atoms with Gasteiger partial charge in [0.15, 0.2) is 6.04 Å². The molecule has 0 aromatic heterocycles. The predicted octanol–water partition coefficient (Wildman–Crippen LogP) is 1.74. The van der Waals surface area contributed by atoms with Crippen molar-refractivity contribution in [2.75, 3.05) is 36.5 Å². The zero-order valence-corrected chi connectivity index (χ0v) is 17.4. The fraction of sp³-hybridized carbons (Fsp3) is 0.571. The number of halogens is 3. The molecule has 0 spiro atoms. The highest BCUT2D eigenvalue weighted by molar-refractivity contribution is 6.09. The van der Waals surface area contributed by atoms with Crippen LogP contribution in [0.5, 0.6) is 0 Å². The first-order chi connectivity index (χ1) is 15.1. The summed E-state index contributed by atoms with van der Waals surface area (Å²) in [5.74, 6) is -1.75. The van der Waals surface area contributed by atoms with Gasteiger partial charge in [-0.3, -0.25) is 19.3 Å². The molecule has 3 N–H and O–H groups in total. The monoisotopic (exact) mass is 454 g/mol. The Morgan fingerprint density at radius 1 is 1.25 bits per heavy atom. The number of hydrogen-bond acceptors (Lipinski definition) is 5. The van der Waals surface area contributed by atoms with Gasteiger partial charge in [0.25, 0.3) is 11.8 Å². The van der Waals surface area contributed by atoms with Gasteiger partial charge in [-0.15, -0.1) is 0 Å². The summed E-state index contributed by atoms with van der Waals surface area (Å²) in [6, 6.07) is 2.03. The zero-order chi connectivity index (χ0) is 23.0. The zero-order valence-electron chi connectivity index (χ0n) is 17.4. The Balaban J connectivity index is 1.57. The van der Waals surface area contributed by atoms with E-state index in [1.54, 1.807) is 4.90 Å². The number of primary amides is 1. The molecule has 1 aliphatic heterocycles. The lowest BCUT2D eigenvalue weighted by atomic mass is 10.1. The number of rotatable bonds is 8. The second-order valence-corrected chi connectivity index (χ2v) is 8.49. The average molecular weight is 454 g/mol. The van der Waals surface area contributed by atoms with Gasteiger partial charge in [0.1, 0.15) is 6.61 Å². The van der Waals surface area contributed by atoms with Gasteiger partial charge < -0.3 is 20.7 Å². The second-order valence-electron chi connectivity index (χ2n) is 8.49. The number of hydrogen-bond donors (Lipinski definition) is 2. The quantitative estimate of drug-likeness (QED) is 0.583. The van der Waals surface area contributed by atoms with Gasteiger partial charge in [-0.05, 0) is 49.8 Å². The standard InChI is InChI=1S/C21H25F3N4O4/c22-21(23,24)15-9-13(3-6-16(15)27-7-8-32-11-17(27)29)26-20(31)18(19(25)30)28(14-4-5-14)10-12-1-2-12/h3,6,9,12,14,18H,1-2,4-5,7-8,10-11H2,(H2,25,30)(H,26,31)/t18-/m1/s1. The Bertz CT molecular complexity index is 915. The molecule has 8 nitrogen and oxygen atoms in total. The van der Waals surface area contributed by atoms with Crippen molar-refractivity contribution in [1.82, 2.24) is 4.90 Å². The second kappa shape index (κ2) is 8.70. The van der Waals surface area contributed by atoms with Gasteiger partial charge in [0.2, 0.25) is 5.91 Å². The van der Waals surface area contributed by atoms with Crippen LogP contribution >= 0.6 is 0 Å². The third kappa shape index (κ3) is 5.04. The van der Waals surface area contributed by atoms with Crippen LogP contribution in [0.3, 0.4) is 0 Å². The summed E-state index contributed by atoms with van der Waals surface area (Å²) < 4.78 is 46.3. The highest BCUT2D eigenvalue weighted by Crippen LogP contribution is 2.39. The van der Waals surface area contributed by atoms with Gasteiger partial charge in [0, 0.05) is 24.8 Å². The van der Waals surface area contributed by atoms with Crippen LogP contribution in [0.15, 0.2) is 18.2 Å². The van der Waals surface area contributed by atoms with E-state index in [9.17, 15) is 27.6 Å². The maximum absolute atomic E-state index is 13.8. The normalized spacial score (nSPS) is 20.4. The van der Waals surface area contributed by atoms with E-state index < -0.39 is 35.5 Å². The summed E-state index contributed by atoms with van der Waals surface area (Å²) in [6.45, 7) is 0.389. The molecule has 3 fully saturated rings. The number of ether oxygens (including phenoxy) is 1. The van der Waals surface area contributed by atoms with E-state index in [-0.39, 0.29) is 37.2 Å². The lowest BCUT2D eigenvalue weighted by Gasteiger charge is -2.30. The van der Waals surface area contributed by atoms with Crippen molar-refractivity contribution in [1.29, 1.82) is 0 Å². The first-order valence-electron chi connectivity index (χ1n) is 10.6. The Labute approximate surface area is 182 Å². The van der Waals surface area contributed by atoms with Crippen LogP contribution in [0.25, 0.3) is 0 Å². The van der Waals surface area contributed by atoms with Gasteiger partial charge in [-0.2, -0.15) is 13.2 Å². The minimum Gasteiger partial charge on any atom is -0.370 e. The fourth-order valence-corrected chi connectivity index (χ4v) is 3.97. The molecule has 32 heavy (non-hydrogen) atoms. The molecular weight excluding hydrogens is 429 g/mol. The molecule has 1 aromatic rings. The predicted molar refractivity (Wildman–Crippen MR) is 109 cm³/mol. The summed E-state index contributed by atoms with van der Waals surface area (Å²) in [7, 11) is 0. The number of amides is 3. The number of carbonyl (C=O) groups excluding carboxylic acids is 3. The smallest absolute Gasteiger partial charge is 0.370 e. The van der Waals surface area contributed by atoms with Crippen LogP contribution in [0.2, 0.25) is 0 Å². The van der Waals surface area contributed by atoms with Crippen LogP contribution in [0.1, 0.15) is 31.2 Å². The molecule has 174 valence electrons. The summed E-state index contributed by atoms with van der Waals surface area (Å²) in [4.78, 5) is 39.9. The minimum atomic E-state index is -4.76. The number of anilines is 2. The van der Waals surface area contributed by atoms with E-state index in [1.165, 1.54) is 6.07 Å². The maximum atomic E-state index is 13.8. The first-order valence-corrected chi connectivity index (χ1v) is 10.6. The van der Waals surface area contributed by atoms with Crippen molar-refractivity contribution >= 4 is 29.1 Å². The largest absolute Gasteiger partial charge is 0.418 e. The highest BCUT2D eigenvalue weighted by atomic mass is 19.4. The topological polar surface area (TPSA) is 105 Å². The molecule has 1 saturated heterocycles. The Morgan fingerprint density at radius 2 is 1.97 bits per heavy atom. The van der Waals surface area contributed by atoms with E-state index in [0.717, 1.165) is 42.7 Å². The van der Waals surface area contributed by atoms with Gasteiger partial charge in [-0.1, -0.05) is 0 Å². The van der Waals surface area contributed by atoms with Crippen molar-refractivity contribution in [2.45, 2.75) is 43.9 Å². The number of benzene rings is 1. The van der Waals surface area contributed by atoms with Gasteiger partial charge >= 0.3 is 6.18 Å².